The van der Waals surface area contributed by atoms with E-state index >= 15 is 0 Å². The van der Waals surface area contributed by atoms with E-state index in [1.807, 2.05) is 6.07 Å². The first-order valence-corrected chi connectivity index (χ1v) is 10.3. The van der Waals surface area contributed by atoms with Gasteiger partial charge in [0.1, 0.15) is 18.7 Å². The van der Waals surface area contributed by atoms with Crippen LogP contribution in [0.25, 0.3) is 11.3 Å². The van der Waals surface area contributed by atoms with Crippen molar-refractivity contribution in [2.75, 3.05) is 24.3 Å². The lowest BCUT2D eigenvalue weighted by atomic mass is 10.1. The number of hydrogen-bond donors (Lipinski definition) is 3. The van der Waals surface area contributed by atoms with Crippen LogP contribution in [-0.4, -0.2) is 54.5 Å². The number of anilines is 3. The van der Waals surface area contributed by atoms with Gasteiger partial charge in [0.2, 0.25) is 0 Å². The topological polar surface area (TPSA) is 161 Å². The Balaban J connectivity index is 1.49. The zero-order chi connectivity index (χ0) is 22.8. The number of nitrogens with one attached hydrogen (secondary N) is 2. The normalized spacial score (nSPS) is 14.2. The summed E-state index contributed by atoms with van der Waals surface area (Å²) in [5, 5.41) is 24.1. The smallest absolute Gasteiger partial charge is 0.251 e. The Morgan fingerprint density at radius 1 is 1.24 bits per heavy atom. The molecule has 4 heterocycles. The summed E-state index contributed by atoms with van der Waals surface area (Å²) in [5.41, 5.74) is 8.79. The molecular formula is C21H20N10O2. The van der Waals surface area contributed by atoms with Gasteiger partial charge in [-0.25, -0.2) is 14.6 Å². The summed E-state index contributed by atoms with van der Waals surface area (Å²) < 4.78 is 8.30. The van der Waals surface area contributed by atoms with Crippen LogP contribution in [0.3, 0.4) is 0 Å². The number of nitrogens with two attached hydrogens (primary N) is 1. The van der Waals surface area contributed by atoms with Crippen LogP contribution in [0.1, 0.15) is 28.9 Å². The lowest BCUT2D eigenvalue weighted by Crippen LogP contribution is -2.38. The van der Waals surface area contributed by atoms with E-state index in [0.29, 0.717) is 47.3 Å². The van der Waals surface area contributed by atoms with Crippen molar-refractivity contribution in [1.29, 1.82) is 5.26 Å². The Hall–Kier alpha value is -4.50. The molecule has 5 rings (SSSR count). The van der Waals surface area contributed by atoms with Crippen molar-refractivity contribution in [3.63, 3.8) is 0 Å². The maximum atomic E-state index is 13.0. The summed E-state index contributed by atoms with van der Waals surface area (Å²) in [7, 11) is 0. The first-order valence-electron chi connectivity index (χ1n) is 10.3. The van der Waals surface area contributed by atoms with E-state index in [9.17, 15) is 10.1 Å². The number of ether oxygens (including phenoxy) is 1. The number of imidazole rings is 1. The molecule has 0 bridgehead atoms. The van der Waals surface area contributed by atoms with Crippen molar-refractivity contribution in [3.8, 4) is 11.8 Å². The summed E-state index contributed by atoms with van der Waals surface area (Å²) in [6.07, 6.45) is 5.92. The number of rotatable bonds is 5. The monoisotopic (exact) mass is 444 g/mol. The minimum Gasteiger partial charge on any atom is -0.396 e. The van der Waals surface area contributed by atoms with Gasteiger partial charge in [-0.15, -0.1) is 5.10 Å². The van der Waals surface area contributed by atoms with Gasteiger partial charge in [-0.2, -0.15) is 14.9 Å². The zero-order valence-electron chi connectivity index (χ0n) is 17.5. The van der Waals surface area contributed by atoms with Gasteiger partial charge in [-0.3, -0.25) is 4.79 Å². The fourth-order valence-corrected chi connectivity index (χ4v) is 3.68. The Kier molecular flexibility index (Phi) is 5.29. The average Bonchev–Trinajstić information content (AvgIpc) is 3.50. The Bertz CT molecular complexity index is 1350. The van der Waals surface area contributed by atoms with Gasteiger partial charge in [0.25, 0.3) is 5.91 Å². The van der Waals surface area contributed by atoms with Gasteiger partial charge < -0.3 is 21.1 Å². The van der Waals surface area contributed by atoms with Crippen LogP contribution in [-0.2, 0) is 4.74 Å². The Morgan fingerprint density at radius 2 is 2.09 bits per heavy atom. The van der Waals surface area contributed by atoms with E-state index in [2.05, 4.69) is 30.8 Å². The highest BCUT2D eigenvalue weighted by Crippen LogP contribution is 2.24. The Labute approximate surface area is 188 Å². The van der Waals surface area contributed by atoms with Crippen LogP contribution < -0.4 is 16.4 Å². The van der Waals surface area contributed by atoms with Crippen molar-refractivity contribution in [3.05, 3.63) is 54.4 Å². The number of aromatic nitrogens is 6. The molecule has 33 heavy (non-hydrogen) atoms. The molecule has 12 nitrogen and oxygen atoms in total. The number of nitrogen functional groups attached to an aromatic ring is 1. The standard InChI is InChI=1S/C21H20N10O2/c22-9-17-10-25-20-18(23)8-19(29-31(17)20)27-15-5-13(6-16(7-15)30-12-24-11-26-30)21(32)28-14-1-3-33-4-2-14/h5-8,10-12,14H,1-4,23H2,(H,27,29)(H,28,32). The molecule has 3 aromatic heterocycles. The molecule has 0 atom stereocenters. The number of nitriles is 1. The summed E-state index contributed by atoms with van der Waals surface area (Å²) in [4.78, 5) is 21.1. The van der Waals surface area contributed by atoms with Gasteiger partial charge in [0, 0.05) is 36.6 Å². The molecule has 0 spiro atoms. The molecular weight excluding hydrogens is 424 g/mol. The van der Waals surface area contributed by atoms with Crippen LogP contribution in [0, 0.1) is 11.3 Å². The number of nitrogens with zero attached hydrogens (tertiary/aromatic N) is 7. The van der Waals surface area contributed by atoms with Crippen molar-refractivity contribution in [2.24, 2.45) is 0 Å². The second-order valence-corrected chi connectivity index (χ2v) is 7.57. The Morgan fingerprint density at radius 3 is 2.85 bits per heavy atom. The van der Waals surface area contributed by atoms with Gasteiger partial charge in [-0.1, -0.05) is 0 Å². The highest BCUT2D eigenvalue weighted by molar-refractivity contribution is 5.96. The molecule has 0 saturated carbocycles. The number of amides is 1. The lowest BCUT2D eigenvalue weighted by Gasteiger charge is -2.23. The quantitative estimate of drug-likeness (QED) is 0.413. The zero-order valence-corrected chi connectivity index (χ0v) is 17.5. The number of hydrogen-bond acceptors (Lipinski definition) is 9. The van der Waals surface area contributed by atoms with E-state index in [1.54, 1.807) is 35.3 Å². The van der Waals surface area contributed by atoms with E-state index in [4.69, 9.17) is 10.5 Å². The third-order valence-corrected chi connectivity index (χ3v) is 5.30. The molecule has 4 N–H and O–H groups in total. The van der Waals surface area contributed by atoms with Crippen molar-refractivity contribution in [2.45, 2.75) is 18.9 Å². The third kappa shape index (κ3) is 4.17. The maximum Gasteiger partial charge on any atom is 0.251 e. The maximum absolute atomic E-state index is 13.0. The minimum atomic E-state index is -0.198. The van der Waals surface area contributed by atoms with Gasteiger partial charge >= 0.3 is 0 Å². The predicted molar refractivity (Wildman–Crippen MR) is 118 cm³/mol. The summed E-state index contributed by atoms with van der Waals surface area (Å²) >= 11 is 0. The third-order valence-electron chi connectivity index (χ3n) is 5.30. The molecule has 4 aromatic rings. The second-order valence-electron chi connectivity index (χ2n) is 7.57. The van der Waals surface area contributed by atoms with Crippen molar-refractivity contribution < 1.29 is 9.53 Å². The van der Waals surface area contributed by atoms with Crippen LogP contribution in [0.15, 0.2) is 43.1 Å². The number of fused-ring (bicyclic) bond motifs is 1. The first-order chi connectivity index (χ1) is 16.1. The lowest BCUT2D eigenvalue weighted by molar-refractivity contribution is 0.0696. The molecule has 1 aliphatic rings. The van der Waals surface area contributed by atoms with Gasteiger partial charge in [-0.05, 0) is 31.0 Å². The molecule has 0 aliphatic carbocycles. The minimum absolute atomic E-state index is 0.0622. The van der Waals surface area contributed by atoms with E-state index < -0.39 is 0 Å². The number of carbonyl (C=O) groups excluding carboxylic acids is 1. The second kappa shape index (κ2) is 8.56. The van der Waals surface area contributed by atoms with Crippen molar-refractivity contribution >= 4 is 28.7 Å². The first kappa shape index (κ1) is 20.4. The molecule has 12 heteroatoms. The highest BCUT2D eigenvalue weighted by Gasteiger charge is 2.18. The van der Waals surface area contributed by atoms with Crippen molar-refractivity contribution in [1.82, 2.24) is 34.7 Å². The molecule has 1 aromatic carbocycles. The molecule has 0 radical (unpaired) electrons. The highest BCUT2D eigenvalue weighted by atomic mass is 16.5. The summed E-state index contributed by atoms with van der Waals surface area (Å²) in [6, 6.07) is 8.98. The molecule has 1 aliphatic heterocycles. The van der Waals surface area contributed by atoms with E-state index in [0.717, 1.165) is 12.8 Å². The predicted octanol–water partition coefficient (Wildman–Crippen LogP) is 1.42. The van der Waals surface area contributed by atoms with E-state index in [1.165, 1.54) is 17.0 Å². The summed E-state index contributed by atoms with van der Waals surface area (Å²) in [5.74, 6) is 0.192. The number of carbonyl (C=O) groups is 1. The fraction of sp³-hybridized carbons (Fsp3) is 0.238. The van der Waals surface area contributed by atoms with Crippen LogP contribution >= 0.6 is 0 Å². The molecule has 166 valence electrons. The van der Waals surface area contributed by atoms with Gasteiger partial charge in [0.15, 0.2) is 17.2 Å². The SMILES string of the molecule is N#Cc1cnc2c(N)cc(Nc3cc(C(=O)NC4CCOCC4)cc(-n4cncn4)c3)nn12. The average molecular weight is 444 g/mol. The van der Waals surface area contributed by atoms with Gasteiger partial charge in [0.05, 0.1) is 17.6 Å². The number of benzene rings is 1. The van der Waals surface area contributed by atoms with Crippen LogP contribution in [0.2, 0.25) is 0 Å². The van der Waals surface area contributed by atoms with Crippen LogP contribution in [0.5, 0.6) is 0 Å². The van der Waals surface area contributed by atoms with E-state index in [-0.39, 0.29) is 17.6 Å². The summed E-state index contributed by atoms with van der Waals surface area (Å²) in [6.45, 7) is 1.26. The fourth-order valence-electron chi connectivity index (χ4n) is 3.68. The molecule has 1 saturated heterocycles. The molecule has 1 amide bonds. The van der Waals surface area contributed by atoms with Crippen LogP contribution in [0.4, 0.5) is 17.2 Å². The molecule has 0 unspecified atom stereocenters. The largest absolute Gasteiger partial charge is 0.396 e. The molecule has 1 fully saturated rings.